The summed E-state index contributed by atoms with van der Waals surface area (Å²) < 4.78 is 12.4. The lowest BCUT2D eigenvalue weighted by Crippen LogP contribution is -2.15. The quantitative estimate of drug-likeness (QED) is 0.270. The summed E-state index contributed by atoms with van der Waals surface area (Å²) in [4.78, 5) is 0. The summed E-state index contributed by atoms with van der Waals surface area (Å²) in [6.07, 6.45) is 5.03. The van der Waals surface area contributed by atoms with E-state index in [1.54, 1.807) is 14.2 Å². The summed E-state index contributed by atoms with van der Waals surface area (Å²) in [7, 11) is 3.48. The highest BCUT2D eigenvalue weighted by molar-refractivity contribution is 5.56. The van der Waals surface area contributed by atoms with Gasteiger partial charge in [0.15, 0.2) is 0 Å². The maximum atomic E-state index is 12.1. The summed E-state index contributed by atoms with van der Waals surface area (Å²) >= 11 is 0. The number of ether oxygens (including phenoxy) is 2. The van der Waals surface area contributed by atoms with Gasteiger partial charge in [0.05, 0.1) is 20.0 Å². The lowest BCUT2D eigenvalue weighted by molar-refractivity contribution is 0.272. The van der Waals surface area contributed by atoms with Crippen molar-refractivity contribution in [2.24, 2.45) is 5.41 Å². The van der Waals surface area contributed by atoms with E-state index in [2.05, 4.69) is 132 Å². The Bertz CT molecular complexity index is 1790. The van der Waals surface area contributed by atoms with Crippen LogP contribution in [0.5, 0.6) is 17.2 Å². The zero-order valence-electron chi connectivity index (χ0n) is 33.8. The summed E-state index contributed by atoms with van der Waals surface area (Å²) in [5.74, 6) is 2.33. The summed E-state index contributed by atoms with van der Waals surface area (Å²) in [6, 6.07) is 13.2. The van der Waals surface area contributed by atoms with Gasteiger partial charge in [0, 0.05) is 25.7 Å². The monoisotopic (exact) mass is 682 g/mol. The molecule has 0 spiro atoms. The molecular formula is C46H64O4. The van der Waals surface area contributed by atoms with Gasteiger partial charge in [0.1, 0.15) is 17.2 Å². The molecule has 0 atom stereocenters. The average molecular weight is 683 g/mol. The second-order valence-corrected chi connectivity index (χ2v) is 18.6. The Labute approximate surface area is 303 Å². The number of phenolic OH excluding ortho intramolecular Hbond substituents is 2. The highest BCUT2D eigenvalue weighted by Crippen LogP contribution is 2.42. The third-order valence-corrected chi connectivity index (χ3v) is 10.5. The molecule has 0 fully saturated rings. The second-order valence-electron chi connectivity index (χ2n) is 18.6. The van der Waals surface area contributed by atoms with E-state index < -0.39 is 0 Å². The summed E-state index contributed by atoms with van der Waals surface area (Å²) in [5, 5.41) is 24.1. The van der Waals surface area contributed by atoms with Gasteiger partial charge in [0.25, 0.3) is 0 Å². The number of phenols is 2. The number of aryl methyl sites for hydroxylation is 1. The number of hydrogen-bond acceptors (Lipinski definition) is 4. The van der Waals surface area contributed by atoms with Gasteiger partial charge in [0.2, 0.25) is 0 Å². The highest BCUT2D eigenvalue weighted by Gasteiger charge is 2.27. The summed E-state index contributed by atoms with van der Waals surface area (Å²) in [6.45, 7) is 28.9. The van der Waals surface area contributed by atoms with E-state index in [1.807, 2.05) is 0 Å². The van der Waals surface area contributed by atoms with Gasteiger partial charge in [-0.2, -0.15) is 0 Å². The van der Waals surface area contributed by atoms with Crippen LogP contribution in [0.4, 0.5) is 0 Å². The van der Waals surface area contributed by atoms with Crippen LogP contribution in [0.3, 0.4) is 0 Å². The maximum absolute atomic E-state index is 12.1. The lowest BCUT2D eigenvalue weighted by atomic mass is 9.80. The molecular weight excluding hydrogens is 618 g/mol. The van der Waals surface area contributed by atoms with Crippen LogP contribution in [0, 0.1) is 5.41 Å². The van der Waals surface area contributed by atoms with E-state index in [9.17, 15) is 10.2 Å². The Hall–Kier alpha value is -3.66. The van der Waals surface area contributed by atoms with Gasteiger partial charge in [-0.3, -0.25) is 0 Å². The van der Waals surface area contributed by atoms with Gasteiger partial charge in [-0.1, -0.05) is 131 Å². The average Bonchev–Trinajstić information content (AvgIpc) is 2.98. The van der Waals surface area contributed by atoms with Gasteiger partial charge in [-0.15, -0.1) is 0 Å². The Morgan fingerprint density at radius 3 is 1.30 bits per heavy atom. The van der Waals surface area contributed by atoms with Crippen LogP contribution >= 0.6 is 0 Å². The Morgan fingerprint density at radius 1 is 0.540 bits per heavy atom. The molecule has 0 heterocycles. The molecule has 0 unspecified atom stereocenters. The molecule has 4 rings (SSSR count). The van der Waals surface area contributed by atoms with Crippen LogP contribution in [-0.4, -0.2) is 24.4 Å². The minimum absolute atomic E-state index is 0.0396. The van der Waals surface area contributed by atoms with Crippen molar-refractivity contribution in [2.75, 3.05) is 14.2 Å². The van der Waals surface area contributed by atoms with E-state index in [1.165, 1.54) is 22.3 Å². The third kappa shape index (κ3) is 8.79. The molecule has 0 saturated heterocycles. The van der Waals surface area contributed by atoms with Crippen molar-refractivity contribution in [2.45, 2.75) is 138 Å². The Morgan fingerprint density at radius 2 is 0.920 bits per heavy atom. The number of benzene rings is 3. The highest BCUT2D eigenvalue weighted by atomic mass is 16.5. The zero-order chi connectivity index (χ0) is 37.6. The predicted molar refractivity (Wildman–Crippen MR) is 210 cm³/mol. The molecule has 2 N–H and O–H groups in total. The van der Waals surface area contributed by atoms with E-state index in [-0.39, 0.29) is 21.7 Å². The first-order valence-corrected chi connectivity index (χ1v) is 18.3. The molecule has 0 aliphatic heterocycles. The van der Waals surface area contributed by atoms with Gasteiger partial charge in [-0.25, -0.2) is 0 Å². The molecule has 0 amide bonds. The van der Waals surface area contributed by atoms with Gasteiger partial charge in [-0.05, 0) is 90.6 Å². The SMILES string of the molecule is CC(=CC1=C(O[13CH3])CCc2cc(C(C)(C)C)cc(c2O)Cc2cc(C(C)(C)C)cc(c2O[13CH3])Cc2cc(C(C)(C)C)cc(c2O)C1)C(C)(C)C. The van der Waals surface area contributed by atoms with Crippen molar-refractivity contribution in [3.63, 3.8) is 0 Å². The van der Waals surface area contributed by atoms with Crippen LogP contribution in [0.1, 0.15) is 147 Å². The number of rotatable bonds is 3. The van der Waals surface area contributed by atoms with Crippen molar-refractivity contribution in [3.05, 3.63) is 109 Å². The van der Waals surface area contributed by atoms with Crippen molar-refractivity contribution in [3.8, 4) is 17.2 Å². The normalized spacial score (nSPS) is 15.3. The fraction of sp³-hybridized carbons (Fsp3) is 0.522. The Balaban J connectivity index is 2.15. The number of hydrogen-bond donors (Lipinski definition) is 2. The van der Waals surface area contributed by atoms with Crippen molar-refractivity contribution >= 4 is 0 Å². The van der Waals surface area contributed by atoms with Crippen LogP contribution in [0.25, 0.3) is 0 Å². The van der Waals surface area contributed by atoms with Crippen LogP contribution < -0.4 is 4.74 Å². The first-order valence-electron chi connectivity index (χ1n) is 18.3. The summed E-state index contributed by atoms with van der Waals surface area (Å²) in [5.41, 5.74) is 11.1. The van der Waals surface area contributed by atoms with Crippen molar-refractivity contribution in [1.82, 2.24) is 0 Å². The van der Waals surface area contributed by atoms with Gasteiger partial charge >= 0.3 is 0 Å². The zero-order valence-corrected chi connectivity index (χ0v) is 33.8. The van der Waals surface area contributed by atoms with E-state index in [0.717, 1.165) is 50.5 Å². The number of methoxy groups -OCH3 is 2. The van der Waals surface area contributed by atoms with E-state index >= 15 is 0 Å². The largest absolute Gasteiger partial charge is 0.507 e. The lowest BCUT2D eigenvalue weighted by Gasteiger charge is -2.27. The first kappa shape index (κ1) is 39.1. The molecule has 1 aliphatic rings. The fourth-order valence-corrected chi connectivity index (χ4v) is 6.66. The molecule has 0 radical (unpaired) electrons. The van der Waals surface area contributed by atoms with Crippen molar-refractivity contribution < 1.29 is 19.7 Å². The molecule has 4 nitrogen and oxygen atoms in total. The topological polar surface area (TPSA) is 58.9 Å². The number of allylic oxidation sites excluding steroid dienone is 4. The second kappa shape index (κ2) is 14.2. The van der Waals surface area contributed by atoms with Crippen LogP contribution in [0.15, 0.2) is 59.4 Å². The van der Waals surface area contributed by atoms with E-state index in [0.29, 0.717) is 43.6 Å². The van der Waals surface area contributed by atoms with E-state index in [4.69, 9.17) is 9.47 Å². The molecule has 3 aromatic carbocycles. The third-order valence-electron chi connectivity index (χ3n) is 10.5. The molecule has 3 aromatic rings. The first-order chi connectivity index (χ1) is 22.9. The molecule has 0 aromatic heterocycles. The molecule has 6 bridgehead atoms. The molecule has 50 heavy (non-hydrogen) atoms. The van der Waals surface area contributed by atoms with Crippen molar-refractivity contribution in [1.29, 1.82) is 0 Å². The van der Waals surface area contributed by atoms with Crippen LogP contribution in [-0.2, 0) is 46.7 Å². The molecule has 1 aliphatic carbocycles. The standard InChI is InChI=1S/C46H64O4/c1-28(43(2,3)4)18-30-19-31-23-37(45(8,9)10)25-33(41(31)48)21-35-27-38(46(11,12)13)26-34(42(35)50-15)20-32-24-36(44(5,6)7)22-29(40(32)47)16-17-39(30)49-14/h18,22-27,47-48H,16-17,19-21H2,1-15H3/i14+1,15+1. The minimum Gasteiger partial charge on any atom is -0.507 e. The van der Waals surface area contributed by atoms with Gasteiger partial charge < -0.3 is 19.7 Å². The minimum atomic E-state index is -0.128. The Kier molecular flexibility index (Phi) is 11.1. The maximum Gasteiger partial charge on any atom is 0.125 e. The van der Waals surface area contributed by atoms with Crippen LogP contribution in [0.2, 0.25) is 0 Å². The smallest absolute Gasteiger partial charge is 0.125 e. The fourth-order valence-electron chi connectivity index (χ4n) is 6.66. The predicted octanol–water partition coefficient (Wildman–Crippen LogP) is 11.6. The molecule has 0 saturated carbocycles. The number of fused-ring (bicyclic) bond motifs is 6. The number of aromatic hydroxyl groups is 2. The molecule has 272 valence electrons. The molecule has 4 heteroatoms.